The molecule has 0 fully saturated rings. The number of aromatic hydroxyl groups is 1. The van der Waals surface area contributed by atoms with Gasteiger partial charge in [0, 0.05) is 18.0 Å². The van der Waals surface area contributed by atoms with Gasteiger partial charge in [0.2, 0.25) is 0 Å². The van der Waals surface area contributed by atoms with Crippen LogP contribution in [0.4, 0.5) is 0 Å². The monoisotopic (exact) mass is 220 g/mol. The zero-order valence-electron chi connectivity index (χ0n) is 8.18. The molecule has 0 aliphatic rings. The Morgan fingerprint density at radius 1 is 1.27 bits per heavy atom. The lowest BCUT2D eigenvalue weighted by Crippen LogP contribution is -2.12. The minimum absolute atomic E-state index is 0.206. The Morgan fingerprint density at radius 2 is 2.20 bits per heavy atom. The molecule has 0 bridgehead atoms. The van der Waals surface area contributed by atoms with Crippen molar-refractivity contribution in [2.45, 2.75) is 13.1 Å². The van der Waals surface area contributed by atoms with Crippen molar-refractivity contribution in [1.29, 1.82) is 0 Å². The van der Waals surface area contributed by atoms with Gasteiger partial charge in [0.1, 0.15) is 5.75 Å². The first kappa shape index (κ1) is 10.1. The van der Waals surface area contributed by atoms with E-state index >= 15 is 0 Å². The van der Waals surface area contributed by atoms with E-state index in [4.69, 9.17) is 5.11 Å². The molecule has 2 rings (SSSR count). The minimum atomic E-state index is 0.206. The second-order valence-electron chi connectivity index (χ2n) is 3.19. The third-order valence-corrected chi connectivity index (χ3v) is 2.87. The summed E-state index contributed by atoms with van der Waals surface area (Å²) in [7, 11) is 0. The SMILES string of the molecule is Oc1ccc(CNCc2cccs2)nc1. The number of hydrogen-bond donors (Lipinski definition) is 2. The van der Waals surface area contributed by atoms with Crippen molar-refractivity contribution in [3.63, 3.8) is 0 Å². The van der Waals surface area contributed by atoms with Crippen molar-refractivity contribution < 1.29 is 5.11 Å². The molecule has 0 amide bonds. The van der Waals surface area contributed by atoms with Gasteiger partial charge in [0.05, 0.1) is 11.9 Å². The summed E-state index contributed by atoms with van der Waals surface area (Å²) >= 11 is 1.74. The van der Waals surface area contributed by atoms with Crippen LogP contribution in [0.3, 0.4) is 0 Å². The predicted molar refractivity (Wildman–Crippen MR) is 60.8 cm³/mol. The van der Waals surface area contributed by atoms with Crippen LogP contribution in [0.15, 0.2) is 35.8 Å². The quantitative estimate of drug-likeness (QED) is 0.829. The van der Waals surface area contributed by atoms with Gasteiger partial charge < -0.3 is 10.4 Å². The largest absolute Gasteiger partial charge is 0.506 e. The topological polar surface area (TPSA) is 45.1 Å². The second-order valence-corrected chi connectivity index (χ2v) is 4.22. The molecule has 2 aromatic rings. The van der Waals surface area contributed by atoms with Crippen LogP contribution in [-0.4, -0.2) is 10.1 Å². The van der Waals surface area contributed by atoms with E-state index in [-0.39, 0.29) is 5.75 Å². The Morgan fingerprint density at radius 3 is 2.87 bits per heavy atom. The maximum atomic E-state index is 9.05. The number of nitrogens with one attached hydrogen (secondary N) is 1. The summed E-state index contributed by atoms with van der Waals surface area (Å²) in [5.41, 5.74) is 0.935. The zero-order chi connectivity index (χ0) is 10.5. The molecule has 0 saturated heterocycles. The lowest BCUT2D eigenvalue weighted by Gasteiger charge is -2.02. The highest BCUT2D eigenvalue weighted by molar-refractivity contribution is 7.09. The second kappa shape index (κ2) is 4.91. The molecule has 0 saturated carbocycles. The lowest BCUT2D eigenvalue weighted by molar-refractivity contribution is 0.471. The van der Waals surface area contributed by atoms with E-state index < -0.39 is 0 Å². The van der Waals surface area contributed by atoms with Crippen molar-refractivity contribution >= 4 is 11.3 Å². The van der Waals surface area contributed by atoms with Crippen molar-refractivity contribution in [3.05, 3.63) is 46.4 Å². The fourth-order valence-electron chi connectivity index (χ4n) is 1.25. The molecule has 3 nitrogen and oxygen atoms in total. The highest BCUT2D eigenvalue weighted by Gasteiger charge is 1.96. The van der Waals surface area contributed by atoms with Gasteiger partial charge in [-0.05, 0) is 23.6 Å². The van der Waals surface area contributed by atoms with Gasteiger partial charge in [0.25, 0.3) is 0 Å². The summed E-state index contributed by atoms with van der Waals surface area (Å²) in [4.78, 5) is 5.40. The van der Waals surface area contributed by atoms with Crippen LogP contribution in [0.2, 0.25) is 0 Å². The molecule has 0 unspecified atom stereocenters. The molecular weight excluding hydrogens is 208 g/mol. The smallest absolute Gasteiger partial charge is 0.133 e. The average molecular weight is 220 g/mol. The summed E-state index contributed by atoms with van der Waals surface area (Å²) in [6.45, 7) is 1.58. The van der Waals surface area contributed by atoms with Crippen LogP contribution in [0, 0.1) is 0 Å². The molecule has 0 aliphatic heterocycles. The van der Waals surface area contributed by atoms with Crippen molar-refractivity contribution in [3.8, 4) is 5.75 Å². The molecule has 0 aromatic carbocycles. The minimum Gasteiger partial charge on any atom is -0.506 e. The maximum Gasteiger partial charge on any atom is 0.133 e. The number of hydrogen-bond acceptors (Lipinski definition) is 4. The number of thiophene rings is 1. The van der Waals surface area contributed by atoms with Gasteiger partial charge in [-0.1, -0.05) is 6.07 Å². The predicted octanol–water partition coefficient (Wildman–Crippen LogP) is 2.14. The van der Waals surface area contributed by atoms with Crippen LogP contribution in [0.25, 0.3) is 0 Å². The van der Waals surface area contributed by atoms with Crippen LogP contribution >= 0.6 is 11.3 Å². The molecule has 0 aliphatic carbocycles. The lowest BCUT2D eigenvalue weighted by atomic mass is 10.3. The molecule has 2 heterocycles. The number of pyridine rings is 1. The third-order valence-electron chi connectivity index (χ3n) is 1.99. The standard InChI is InChI=1S/C11H12N2OS/c14-10-4-3-9(13-7-10)6-12-8-11-2-1-5-15-11/h1-5,7,12,14H,6,8H2. The Hall–Kier alpha value is -1.39. The molecule has 2 N–H and O–H groups in total. The van der Waals surface area contributed by atoms with E-state index in [1.807, 2.05) is 12.1 Å². The van der Waals surface area contributed by atoms with Gasteiger partial charge in [-0.25, -0.2) is 0 Å². The van der Waals surface area contributed by atoms with Crippen LogP contribution in [0.1, 0.15) is 10.6 Å². The summed E-state index contributed by atoms with van der Waals surface area (Å²) in [5, 5.41) is 14.4. The molecule has 0 atom stereocenters. The van der Waals surface area contributed by atoms with Gasteiger partial charge >= 0.3 is 0 Å². The summed E-state index contributed by atoms with van der Waals surface area (Å²) in [6.07, 6.45) is 1.46. The number of aromatic nitrogens is 1. The highest BCUT2D eigenvalue weighted by atomic mass is 32.1. The Balaban J connectivity index is 1.81. The normalized spacial score (nSPS) is 10.4. The fraction of sp³-hybridized carbons (Fsp3) is 0.182. The number of rotatable bonds is 4. The first-order valence-electron chi connectivity index (χ1n) is 4.71. The Bertz CT molecular complexity index is 397. The number of nitrogens with zero attached hydrogens (tertiary/aromatic N) is 1. The van der Waals surface area contributed by atoms with Crippen LogP contribution in [0.5, 0.6) is 5.75 Å². The van der Waals surface area contributed by atoms with Gasteiger partial charge in [0.15, 0.2) is 0 Å². The molecule has 4 heteroatoms. The summed E-state index contributed by atoms with van der Waals surface area (Å²) < 4.78 is 0. The van der Waals surface area contributed by atoms with E-state index in [9.17, 15) is 0 Å². The Labute approximate surface area is 92.4 Å². The van der Waals surface area contributed by atoms with Crippen LogP contribution in [-0.2, 0) is 13.1 Å². The van der Waals surface area contributed by atoms with E-state index in [2.05, 4.69) is 21.7 Å². The fourth-order valence-corrected chi connectivity index (χ4v) is 1.92. The zero-order valence-corrected chi connectivity index (χ0v) is 9.00. The average Bonchev–Trinajstić information content (AvgIpc) is 2.74. The van der Waals surface area contributed by atoms with E-state index in [0.717, 1.165) is 18.8 Å². The van der Waals surface area contributed by atoms with E-state index in [0.29, 0.717) is 0 Å². The molecule has 15 heavy (non-hydrogen) atoms. The molecular formula is C11H12N2OS. The molecule has 0 spiro atoms. The van der Waals surface area contributed by atoms with Gasteiger partial charge in [-0.2, -0.15) is 0 Å². The first-order valence-corrected chi connectivity index (χ1v) is 5.59. The van der Waals surface area contributed by atoms with Crippen molar-refractivity contribution in [2.24, 2.45) is 0 Å². The first-order chi connectivity index (χ1) is 7.34. The maximum absolute atomic E-state index is 9.05. The van der Waals surface area contributed by atoms with Gasteiger partial charge in [-0.15, -0.1) is 11.3 Å². The third kappa shape index (κ3) is 3.04. The van der Waals surface area contributed by atoms with Gasteiger partial charge in [-0.3, -0.25) is 4.98 Å². The molecule has 2 aromatic heterocycles. The Kier molecular flexibility index (Phi) is 3.32. The van der Waals surface area contributed by atoms with Crippen molar-refractivity contribution in [2.75, 3.05) is 0 Å². The van der Waals surface area contributed by atoms with Crippen molar-refractivity contribution in [1.82, 2.24) is 10.3 Å². The molecule has 0 radical (unpaired) electrons. The van der Waals surface area contributed by atoms with Crippen LogP contribution < -0.4 is 5.32 Å². The molecule has 78 valence electrons. The van der Waals surface area contributed by atoms with E-state index in [1.165, 1.54) is 11.1 Å². The summed E-state index contributed by atoms with van der Waals surface area (Å²) in [6, 6.07) is 7.61. The highest BCUT2D eigenvalue weighted by Crippen LogP contribution is 2.08. The summed E-state index contributed by atoms with van der Waals surface area (Å²) in [5.74, 6) is 0.206. The van der Waals surface area contributed by atoms with E-state index in [1.54, 1.807) is 17.4 Å².